The number of hydrogen-bond acceptors (Lipinski definition) is 6. The minimum atomic E-state index is -1.12. The van der Waals surface area contributed by atoms with Gasteiger partial charge in [-0.3, -0.25) is 9.69 Å². The maximum absolute atomic E-state index is 12.7. The number of aryl methyl sites for hydroxylation is 1. The lowest BCUT2D eigenvalue weighted by Crippen LogP contribution is -2.69. The van der Waals surface area contributed by atoms with Crippen molar-refractivity contribution < 1.29 is 24.2 Å². The summed E-state index contributed by atoms with van der Waals surface area (Å²) in [4.78, 5) is 26.2. The number of benzene rings is 1. The van der Waals surface area contributed by atoms with Gasteiger partial charge in [0.15, 0.2) is 0 Å². The molecule has 0 bridgehead atoms. The molecule has 2 N–H and O–H groups in total. The zero-order chi connectivity index (χ0) is 25.4. The van der Waals surface area contributed by atoms with Crippen LogP contribution in [0.2, 0.25) is 0 Å². The molecule has 190 valence electrons. The monoisotopic (exact) mass is 482 g/mol. The number of nitrogens with zero attached hydrogens (tertiary/aromatic N) is 1. The van der Waals surface area contributed by atoms with Crippen LogP contribution in [0.5, 0.6) is 5.75 Å². The van der Waals surface area contributed by atoms with Gasteiger partial charge in [0, 0.05) is 42.1 Å². The van der Waals surface area contributed by atoms with Crippen molar-refractivity contribution >= 4 is 12.4 Å². The molecule has 0 spiro atoms. The van der Waals surface area contributed by atoms with Gasteiger partial charge < -0.3 is 19.9 Å². The van der Waals surface area contributed by atoms with Crippen molar-refractivity contribution in [3.63, 3.8) is 0 Å². The summed E-state index contributed by atoms with van der Waals surface area (Å²) in [5, 5.41) is 15.6. The highest BCUT2D eigenvalue weighted by molar-refractivity contribution is 5.88. The predicted octanol–water partition coefficient (Wildman–Crippen LogP) is 3.39. The van der Waals surface area contributed by atoms with Crippen molar-refractivity contribution in [3.05, 3.63) is 52.2 Å². The first-order valence-electron chi connectivity index (χ1n) is 12.5. The van der Waals surface area contributed by atoms with E-state index in [4.69, 9.17) is 9.47 Å². The third-order valence-electron chi connectivity index (χ3n) is 8.50. The first-order valence-corrected chi connectivity index (χ1v) is 12.5. The summed E-state index contributed by atoms with van der Waals surface area (Å²) in [6.07, 6.45) is 6.46. The van der Waals surface area contributed by atoms with E-state index >= 15 is 0 Å². The highest BCUT2D eigenvalue weighted by Crippen LogP contribution is 2.56. The molecule has 1 saturated carbocycles. The first-order chi connectivity index (χ1) is 16.7. The Bertz CT molecular complexity index is 1060. The number of allylic oxidation sites excluding steroid dienone is 2. The minimum absolute atomic E-state index is 0.109. The van der Waals surface area contributed by atoms with Crippen molar-refractivity contribution in [2.75, 3.05) is 27.3 Å². The van der Waals surface area contributed by atoms with Crippen LogP contribution in [-0.4, -0.2) is 61.3 Å². The summed E-state index contributed by atoms with van der Waals surface area (Å²) in [7, 11) is 3.00. The molecule has 3 aliphatic rings. The van der Waals surface area contributed by atoms with E-state index in [1.807, 2.05) is 18.2 Å². The van der Waals surface area contributed by atoms with Crippen LogP contribution in [0.3, 0.4) is 0 Å². The number of carbonyl (C=O) groups is 2. The summed E-state index contributed by atoms with van der Waals surface area (Å²) < 4.78 is 10.5. The van der Waals surface area contributed by atoms with Gasteiger partial charge in [-0.05, 0) is 87.4 Å². The highest BCUT2D eigenvalue weighted by Gasteiger charge is 2.61. The van der Waals surface area contributed by atoms with E-state index in [1.165, 1.54) is 20.0 Å². The van der Waals surface area contributed by atoms with E-state index in [2.05, 4.69) is 24.1 Å². The second-order valence-corrected chi connectivity index (χ2v) is 10.5. The van der Waals surface area contributed by atoms with Crippen LogP contribution >= 0.6 is 0 Å². The number of carbonyl (C=O) groups excluding carboxylic acids is 2. The number of hydrogen-bond donors (Lipinski definition) is 2. The fraction of sp³-hybridized carbons (Fsp3) is 0.571. The molecule has 2 aliphatic carbocycles. The molecule has 1 aliphatic heterocycles. The molecule has 1 saturated heterocycles. The topological polar surface area (TPSA) is 88.1 Å². The van der Waals surface area contributed by atoms with Gasteiger partial charge in [0.2, 0.25) is 6.41 Å². The third kappa shape index (κ3) is 4.52. The van der Waals surface area contributed by atoms with Gasteiger partial charge in [0.1, 0.15) is 5.75 Å². The minimum Gasteiger partial charge on any atom is -0.497 e. The Morgan fingerprint density at radius 3 is 2.66 bits per heavy atom. The van der Waals surface area contributed by atoms with Crippen molar-refractivity contribution in [2.24, 2.45) is 5.92 Å². The SMILES string of the molecule is COC(=O)/C(C)=C/C1=C(NC=O)CC2(c3cc(OC)ccc3C)CCN(CC3CC3)C(C)C2(O)C1. The lowest BCUT2D eigenvalue weighted by atomic mass is 9.53. The Balaban J connectivity index is 1.89. The summed E-state index contributed by atoms with van der Waals surface area (Å²) in [5.41, 5.74) is 2.33. The molecule has 7 nitrogen and oxygen atoms in total. The standard InChI is InChI=1S/C28H38N2O5/c1-18-6-9-23(34-4)13-24(18)27-10-11-30(16-21-7-8-21)20(3)28(27,33)14-22(25(15-27)29-17-31)12-19(2)26(32)35-5/h6,9,12-13,17,20-21,33H,7-8,10-11,14-16H2,1-5H3,(H,29,31)/b19-12+. The number of nitrogens with one attached hydrogen (secondary N) is 1. The van der Waals surface area contributed by atoms with Crippen molar-refractivity contribution in [1.29, 1.82) is 0 Å². The summed E-state index contributed by atoms with van der Waals surface area (Å²) >= 11 is 0. The number of aliphatic hydroxyl groups is 1. The summed E-state index contributed by atoms with van der Waals surface area (Å²) in [6, 6.07) is 5.92. The molecule has 7 heteroatoms. The van der Waals surface area contributed by atoms with Gasteiger partial charge in [0.25, 0.3) is 0 Å². The van der Waals surface area contributed by atoms with E-state index in [-0.39, 0.29) is 6.04 Å². The fourth-order valence-electron chi connectivity index (χ4n) is 6.24. The zero-order valence-corrected chi connectivity index (χ0v) is 21.5. The van der Waals surface area contributed by atoms with Gasteiger partial charge in [-0.1, -0.05) is 6.07 Å². The first kappa shape index (κ1) is 25.5. The number of fused-ring (bicyclic) bond motifs is 1. The van der Waals surface area contributed by atoms with Crippen LogP contribution in [0, 0.1) is 12.8 Å². The van der Waals surface area contributed by atoms with Gasteiger partial charge in [-0.2, -0.15) is 0 Å². The van der Waals surface area contributed by atoms with Crippen LogP contribution in [0.4, 0.5) is 0 Å². The Hall–Kier alpha value is -2.64. The molecule has 3 atom stereocenters. The number of rotatable bonds is 8. The molecule has 4 rings (SSSR count). The number of amides is 1. The average Bonchev–Trinajstić information content (AvgIpc) is 3.67. The fourth-order valence-corrected chi connectivity index (χ4v) is 6.24. The maximum Gasteiger partial charge on any atom is 0.333 e. The molecule has 3 unspecified atom stereocenters. The van der Waals surface area contributed by atoms with Crippen LogP contribution in [0.25, 0.3) is 0 Å². The third-order valence-corrected chi connectivity index (χ3v) is 8.50. The second kappa shape index (κ2) is 9.78. The Morgan fingerprint density at radius 2 is 2.03 bits per heavy atom. The van der Waals surface area contributed by atoms with E-state index in [9.17, 15) is 14.7 Å². The Kier molecular flexibility index (Phi) is 7.11. The Labute approximate surface area is 208 Å². The quantitative estimate of drug-likeness (QED) is 0.336. The Morgan fingerprint density at radius 1 is 1.29 bits per heavy atom. The highest BCUT2D eigenvalue weighted by atomic mass is 16.5. The van der Waals surface area contributed by atoms with Crippen LogP contribution in [0.15, 0.2) is 41.1 Å². The zero-order valence-electron chi connectivity index (χ0n) is 21.5. The molecule has 0 aromatic heterocycles. The van der Waals surface area contributed by atoms with E-state index in [0.717, 1.165) is 47.7 Å². The molecule has 2 fully saturated rings. The van der Waals surface area contributed by atoms with Gasteiger partial charge in [-0.25, -0.2) is 4.79 Å². The molecular weight excluding hydrogens is 444 g/mol. The molecule has 1 heterocycles. The van der Waals surface area contributed by atoms with Crippen molar-refractivity contribution in [3.8, 4) is 5.75 Å². The molecular formula is C28H38N2O5. The largest absolute Gasteiger partial charge is 0.497 e. The van der Waals surface area contributed by atoms with E-state index < -0.39 is 17.0 Å². The normalized spacial score (nSPS) is 29.4. The molecule has 1 aromatic carbocycles. The van der Waals surface area contributed by atoms with Gasteiger partial charge in [-0.15, -0.1) is 0 Å². The lowest BCUT2D eigenvalue weighted by Gasteiger charge is -2.60. The number of piperidine rings is 1. The summed E-state index contributed by atoms with van der Waals surface area (Å²) in [6.45, 7) is 7.75. The van der Waals surface area contributed by atoms with E-state index in [1.54, 1.807) is 20.1 Å². The molecule has 35 heavy (non-hydrogen) atoms. The number of likely N-dealkylation sites (tertiary alicyclic amines) is 1. The van der Waals surface area contributed by atoms with Gasteiger partial charge >= 0.3 is 5.97 Å². The van der Waals surface area contributed by atoms with Crippen LogP contribution in [-0.2, 0) is 19.7 Å². The number of ether oxygens (including phenoxy) is 2. The predicted molar refractivity (Wildman–Crippen MR) is 134 cm³/mol. The second-order valence-electron chi connectivity index (χ2n) is 10.5. The van der Waals surface area contributed by atoms with Gasteiger partial charge in [0.05, 0.1) is 19.8 Å². The summed E-state index contributed by atoms with van der Waals surface area (Å²) in [5.74, 6) is 1.03. The number of esters is 1. The molecule has 1 amide bonds. The number of methoxy groups -OCH3 is 2. The van der Waals surface area contributed by atoms with E-state index in [0.29, 0.717) is 30.7 Å². The maximum atomic E-state index is 12.7. The molecule has 0 radical (unpaired) electrons. The van der Waals surface area contributed by atoms with Crippen molar-refractivity contribution in [2.45, 2.75) is 69.9 Å². The smallest absolute Gasteiger partial charge is 0.333 e. The average molecular weight is 483 g/mol. The lowest BCUT2D eigenvalue weighted by molar-refractivity contribution is -0.139. The molecule has 1 aromatic rings. The van der Waals surface area contributed by atoms with Crippen LogP contribution < -0.4 is 10.1 Å². The van der Waals surface area contributed by atoms with Crippen molar-refractivity contribution in [1.82, 2.24) is 10.2 Å². The van der Waals surface area contributed by atoms with Crippen LogP contribution in [0.1, 0.15) is 57.1 Å².